The van der Waals surface area contributed by atoms with Gasteiger partial charge in [-0.15, -0.1) is 0 Å². The van der Waals surface area contributed by atoms with Crippen molar-refractivity contribution in [1.82, 2.24) is 9.88 Å². The topological polar surface area (TPSA) is 53.4 Å². The number of nitrogens with zero attached hydrogens (tertiary/aromatic N) is 2. The van der Waals surface area contributed by atoms with Crippen molar-refractivity contribution < 1.29 is 14.3 Å². The van der Waals surface area contributed by atoms with Crippen LogP contribution >= 0.6 is 0 Å². The number of rotatable bonds is 6. The van der Waals surface area contributed by atoms with Crippen molar-refractivity contribution in [2.45, 2.75) is 19.4 Å². The zero-order chi connectivity index (χ0) is 14.5. The van der Waals surface area contributed by atoms with Gasteiger partial charge < -0.3 is 10.0 Å². The molecule has 0 unspecified atom stereocenters. The van der Waals surface area contributed by atoms with Crippen molar-refractivity contribution in [1.29, 1.82) is 0 Å². The summed E-state index contributed by atoms with van der Waals surface area (Å²) in [5.41, 5.74) is 1.61. The molecule has 1 N–H and O–H groups in total. The fourth-order valence-electron chi connectivity index (χ4n) is 2.22. The van der Waals surface area contributed by atoms with Gasteiger partial charge >= 0.3 is 5.97 Å². The first-order chi connectivity index (χ1) is 9.56. The lowest BCUT2D eigenvalue weighted by atomic mass is 10.1. The van der Waals surface area contributed by atoms with E-state index in [4.69, 9.17) is 5.11 Å². The number of fused-ring (bicyclic) bond motifs is 1. The molecule has 0 aliphatic rings. The fourth-order valence-corrected chi connectivity index (χ4v) is 2.22. The van der Waals surface area contributed by atoms with E-state index in [1.54, 1.807) is 12.3 Å². The standard InChI is InChI=1S/C15H17FN2O2/c1-18(7-3-5-14(19)20)10-12-9-13(16)8-11-4-2-6-17-15(11)12/h2,4,6,8-9H,3,5,7,10H2,1H3,(H,19,20). The molecule has 0 radical (unpaired) electrons. The van der Waals surface area contributed by atoms with Crippen LogP contribution in [0.15, 0.2) is 30.5 Å². The Hall–Kier alpha value is -2.01. The van der Waals surface area contributed by atoms with Crippen LogP contribution in [0, 0.1) is 5.82 Å². The number of benzene rings is 1. The molecule has 0 aliphatic carbocycles. The number of hydrogen-bond acceptors (Lipinski definition) is 3. The van der Waals surface area contributed by atoms with E-state index in [1.165, 1.54) is 12.1 Å². The highest BCUT2D eigenvalue weighted by molar-refractivity contribution is 5.81. The minimum absolute atomic E-state index is 0.145. The summed E-state index contributed by atoms with van der Waals surface area (Å²) in [6, 6.07) is 6.57. The molecule has 0 amide bonds. The first-order valence-corrected chi connectivity index (χ1v) is 6.50. The highest BCUT2D eigenvalue weighted by Crippen LogP contribution is 2.19. The largest absolute Gasteiger partial charge is 0.481 e. The van der Waals surface area contributed by atoms with Crippen LogP contribution in [0.25, 0.3) is 10.9 Å². The molecule has 0 saturated carbocycles. The maximum absolute atomic E-state index is 13.6. The van der Waals surface area contributed by atoms with Crippen LogP contribution in [0.2, 0.25) is 0 Å². The third-order valence-electron chi connectivity index (χ3n) is 3.12. The Balaban J connectivity index is 2.10. The molecule has 0 atom stereocenters. The lowest BCUT2D eigenvalue weighted by molar-refractivity contribution is -0.137. The molecule has 20 heavy (non-hydrogen) atoms. The number of carbonyl (C=O) groups is 1. The third kappa shape index (κ3) is 3.74. The maximum Gasteiger partial charge on any atom is 0.303 e. The fraction of sp³-hybridized carbons (Fsp3) is 0.333. The van der Waals surface area contributed by atoms with Crippen molar-refractivity contribution in [3.05, 3.63) is 41.8 Å². The van der Waals surface area contributed by atoms with Gasteiger partial charge in [-0.1, -0.05) is 6.07 Å². The molecule has 2 rings (SSSR count). The molecule has 2 aromatic rings. The van der Waals surface area contributed by atoms with Gasteiger partial charge in [0.1, 0.15) is 5.82 Å². The smallest absolute Gasteiger partial charge is 0.303 e. The second-order valence-corrected chi connectivity index (χ2v) is 4.88. The summed E-state index contributed by atoms with van der Waals surface area (Å²) in [6.07, 6.45) is 2.41. The number of aliphatic carboxylic acids is 1. The zero-order valence-electron chi connectivity index (χ0n) is 11.3. The van der Waals surface area contributed by atoms with Gasteiger partial charge in [-0.3, -0.25) is 9.78 Å². The van der Waals surface area contributed by atoms with Gasteiger partial charge in [-0.05, 0) is 43.8 Å². The van der Waals surface area contributed by atoms with Crippen LogP contribution in [0.3, 0.4) is 0 Å². The number of halogens is 1. The molecule has 0 fully saturated rings. The minimum atomic E-state index is -0.795. The molecule has 5 heteroatoms. The van der Waals surface area contributed by atoms with Crippen LogP contribution in [0.1, 0.15) is 18.4 Å². The number of hydrogen-bond donors (Lipinski definition) is 1. The molecule has 106 valence electrons. The number of carboxylic acid groups (broad SMARTS) is 1. The molecule has 1 heterocycles. The first-order valence-electron chi connectivity index (χ1n) is 6.50. The molecule has 1 aromatic heterocycles. The Morgan fingerprint density at radius 3 is 3.00 bits per heavy atom. The maximum atomic E-state index is 13.6. The van der Waals surface area contributed by atoms with E-state index < -0.39 is 5.97 Å². The minimum Gasteiger partial charge on any atom is -0.481 e. The summed E-state index contributed by atoms with van der Waals surface area (Å²) in [5.74, 6) is -1.07. The normalized spacial score (nSPS) is 11.2. The van der Waals surface area contributed by atoms with E-state index in [-0.39, 0.29) is 12.2 Å². The van der Waals surface area contributed by atoms with Gasteiger partial charge in [0.25, 0.3) is 0 Å². The van der Waals surface area contributed by atoms with Crippen LogP contribution in [0.4, 0.5) is 4.39 Å². The molecule has 0 saturated heterocycles. The summed E-state index contributed by atoms with van der Waals surface area (Å²) in [4.78, 5) is 16.8. The number of aromatic nitrogens is 1. The van der Waals surface area contributed by atoms with Crippen LogP contribution in [0.5, 0.6) is 0 Å². The Labute approximate surface area is 116 Å². The highest BCUT2D eigenvalue weighted by Gasteiger charge is 2.08. The van der Waals surface area contributed by atoms with E-state index in [9.17, 15) is 9.18 Å². The lowest BCUT2D eigenvalue weighted by Crippen LogP contribution is -2.20. The first kappa shape index (κ1) is 14.4. The third-order valence-corrected chi connectivity index (χ3v) is 3.12. The molecule has 0 aliphatic heterocycles. The van der Waals surface area contributed by atoms with Crippen molar-refractivity contribution in [2.24, 2.45) is 0 Å². The van der Waals surface area contributed by atoms with Crippen LogP contribution in [-0.4, -0.2) is 34.6 Å². The van der Waals surface area contributed by atoms with E-state index in [1.807, 2.05) is 18.0 Å². The van der Waals surface area contributed by atoms with Crippen LogP contribution in [-0.2, 0) is 11.3 Å². The summed E-state index contributed by atoms with van der Waals surface area (Å²) < 4.78 is 13.6. The molecule has 0 spiro atoms. The average Bonchev–Trinajstić information content (AvgIpc) is 2.38. The monoisotopic (exact) mass is 276 g/mol. The van der Waals surface area contributed by atoms with Gasteiger partial charge in [0.2, 0.25) is 0 Å². The van der Waals surface area contributed by atoms with Gasteiger partial charge in [-0.2, -0.15) is 0 Å². The SMILES string of the molecule is CN(CCCC(=O)O)Cc1cc(F)cc2cccnc12. The molecular formula is C15H17FN2O2. The van der Waals surface area contributed by atoms with Crippen molar-refractivity contribution in [3.8, 4) is 0 Å². The van der Waals surface area contributed by atoms with E-state index in [0.717, 1.165) is 16.5 Å². The van der Waals surface area contributed by atoms with Crippen molar-refractivity contribution >= 4 is 16.9 Å². The Bertz CT molecular complexity index is 616. The van der Waals surface area contributed by atoms with E-state index >= 15 is 0 Å². The van der Waals surface area contributed by atoms with Gasteiger partial charge in [-0.25, -0.2) is 4.39 Å². The second-order valence-electron chi connectivity index (χ2n) is 4.88. The second kappa shape index (κ2) is 6.43. The van der Waals surface area contributed by atoms with E-state index in [2.05, 4.69) is 4.98 Å². The van der Waals surface area contributed by atoms with Gasteiger partial charge in [0.05, 0.1) is 5.52 Å². The highest BCUT2D eigenvalue weighted by atomic mass is 19.1. The summed E-state index contributed by atoms with van der Waals surface area (Å²) in [6.45, 7) is 1.20. The predicted molar refractivity (Wildman–Crippen MR) is 74.9 cm³/mol. The Morgan fingerprint density at radius 2 is 2.25 bits per heavy atom. The van der Waals surface area contributed by atoms with Gasteiger partial charge in [0, 0.05) is 24.5 Å². The lowest BCUT2D eigenvalue weighted by Gasteiger charge is -2.17. The number of carboxylic acids is 1. The zero-order valence-corrected chi connectivity index (χ0v) is 11.3. The molecular weight excluding hydrogens is 259 g/mol. The van der Waals surface area contributed by atoms with Crippen LogP contribution < -0.4 is 0 Å². The number of pyridine rings is 1. The Kier molecular flexibility index (Phi) is 4.63. The van der Waals surface area contributed by atoms with Gasteiger partial charge in [0.15, 0.2) is 0 Å². The Morgan fingerprint density at radius 1 is 1.45 bits per heavy atom. The van der Waals surface area contributed by atoms with Crippen molar-refractivity contribution in [2.75, 3.05) is 13.6 Å². The predicted octanol–water partition coefficient (Wildman–Crippen LogP) is 2.67. The molecule has 4 nitrogen and oxygen atoms in total. The summed E-state index contributed by atoms with van der Waals surface area (Å²) >= 11 is 0. The van der Waals surface area contributed by atoms with E-state index in [0.29, 0.717) is 19.5 Å². The summed E-state index contributed by atoms with van der Waals surface area (Å²) in [5, 5.41) is 9.39. The molecule has 0 bridgehead atoms. The quantitative estimate of drug-likeness (QED) is 0.881. The average molecular weight is 276 g/mol. The molecule has 1 aromatic carbocycles. The van der Waals surface area contributed by atoms with Crippen molar-refractivity contribution in [3.63, 3.8) is 0 Å². The summed E-state index contributed by atoms with van der Waals surface area (Å²) in [7, 11) is 1.89.